The Hall–Kier alpha value is -1.88. The quantitative estimate of drug-likeness (QED) is 0.628. The average molecular weight is 210 g/mol. The van der Waals surface area contributed by atoms with Gasteiger partial charge in [-0.2, -0.15) is 0 Å². The number of rotatable bonds is 4. The lowest BCUT2D eigenvalue weighted by Crippen LogP contribution is -2.15. The van der Waals surface area contributed by atoms with Crippen LogP contribution in [0.15, 0.2) is 24.3 Å². The van der Waals surface area contributed by atoms with Crippen LogP contribution in [-0.2, 0) is 9.59 Å². The van der Waals surface area contributed by atoms with Crippen LogP contribution in [0.4, 0.5) is 0 Å². The third-order valence-electron chi connectivity index (χ3n) is 1.86. The van der Waals surface area contributed by atoms with Gasteiger partial charge in [0.25, 0.3) is 0 Å². The zero-order chi connectivity index (χ0) is 11.4. The molecule has 0 saturated heterocycles. The third-order valence-corrected chi connectivity index (χ3v) is 1.86. The Morgan fingerprint density at radius 1 is 1.27 bits per heavy atom. The van der Waals surface area contributed by atoms with Crippen molar-refractivity contribution in [2.45, 2.75) is 12.5 Å². The van der Waals surface area contributed by atoms with E-state index in [0.717, 1.165) is 0 Å². The molecule has 0 aliphatic heterocycles. The summed E-state index contributed by atoms with van der Waals surface area (Å²) in [5, 5.41) is 27.1. The number of phenolic OH excluding ortho intramolecular Hbond substituents is 1. The number of Topliss-reactive ketones (excluding diaryl/α,β-unsaturated/α-hetero) is 1. The number of aromatic hydroxyl groups is 1. The van der Waals surface area contributed by atoms with E-state index in [2.05, 4.69) is 0 Å². The zero-order valence-electron chi connectivity index (χ0n) is 7.75. The number of aliphatic carboxylic acids is 1. The summed E-state index contributed by atoms with van der Waals surface area (Å²) in [4.78, 5) is 21.4. The van der Waals surface area contributed by atoms with Crippen molar-refractivity contribution in [2.24, 2.45) is 0 Å². The van der Waals surface area contributed by atoms with Gasteiger partial charge >= 0.3 is 5.97 Å². The molecule has 1 aromatic carbocycles. The van der Waals surface area contributed by atoms with Crippen molar-refractivity contribution in [3.63, 3.8) is 0 Å². The highest BCUT2D eigenvalue weighted by atomic mass is 16.4. The Morgan fingerprint density at radius 2 is 1.87 bits per heavy atom. The summed E-state index contributed by atoms with van der Waals surface area (Å²) in [6.45, 7) is 0. The smallest absolute Gasteiger partial charge is 0.310 e. The lowest BCUT2D eigenvalue weighted by Gasteiger charge is -2.09. The SMILES string of the molecule is O=C(O)CC(=O)C(O)c1ccccc1O. The predicted octanol–water partition coefficient (Wildman–Crippen LogP) is 0.469. The first-order chi connectivity index (χ1) is 7.02. The molecular formula is C10H10O5. The van der Waals surface area contributed by atoms with E-state index >= 15 is 0 Å². The zero-order valence-corrected chi connectivity index (χ0v) is 7.75. The van der Waals surface area contributed by atoms with Crippen molar-refractivity contribution in [3.05, 3.63) is 29.8 Å². The molecule has 1 unspecified atom stereocenters. The van der Waals surface area contributed by atoms with Gasteiger partial charge in [-0.05, 0) is 6.07 Å². The van der Waals surface area contributed by atoms with E-state index in [-0.39, 0.29) is 11.3 Å². The van der Waals surface area contributed by atoms with Crippen LogP contribution in [-0.4, -0.2) is 27.1 Å². The van der Waals surface area contributed by atoms with Crippen molar-refractivity contribution >= 4 is 11.8 Å². The van der Waals surface area contributed by atoms with Crippen molar-refractivity contribution in [3.8, 4) is 5.75 Å². The van der Waals surface area contributed by atoms with E-state index in [1.165, 1.54) is 24.3 Å². The van der Waals surface area contributed by atoms with Gasteiger partial charge in [0.15, 0.2) is 5.78 Å². The average Bonchev–Trinajstić information content (AvgIpc) is 2.16. The minimum atomic E-state index is -1.60. The molecule has 0 fully saturated rings. The minimum Gasteiger partial charge on any atom is -0.508 e. The van der Waals surface area contributed by atoms with Crippen LogP contribution in [0.2, 0.25) is 0 Å². The highest BCUT2D eigenvalue weighted by Gasteiger charge is 2.22. The Balaban J connectivity index is 2.85. The molecule has 0 spiro atoms. The number of hydrogen-bond donors (Lipinski definition) is 3. The summed E-state index contributed by atoms with van der Waals surface area (Å²) in [6.07, 6.45) is -2.36. The number of ketones is 1. The molecule has 0 amide bonds. The van der Waals surface area contributed by atoms with Gasteiger partial charge < -0.3 is 15.3 Å². The van der Waals surface area contributed by atoms with Gasteiger partial charge in [-0.3, -0.25) is 9.59 Å². The van der Waals surface area contributed by atoms with Crippen LogP contribution in [0.25, 0.3) is 0 Å². The number of aliphatic hydroxyl groups excluding tert-OH is 1. The molecule has 1 aromatic rings. The number of phenols is 1. The van der Waals surface area contributed by atoms with E-state index < -0.39 is 24.3 Å². The first kappa shape index (κ1) is 11.2. The maximum Gasteiger partial charge on any atom is 0.310 e. The number of benzene rings is 1. The van der Waals surface area contributed by atoms with Gasteiger partial charge in [0.2, 0.25) is 0 Å². The van der Waals surface area contributed by atoms with Crippen molar-refractivity contribution in [1.82, 2.24) is 0 Å². The molecule has 5 heteroatoms. The van der Waals surface area contributed by atoms with Crippen LogP contribution in [0, 0.1) is 0 Å². The molecule has 0 radical (unpaired) electrons. The first-order valence-electron chi connectivity index (χ1n) is 4.23. The second-order valence-corrected chi connectivity index (χ2v) is 3.00. The number of carbonyl (C=O) groups excluding carboxylic acids is 1. The Bertz CT molecular complexity index is 385. The minimum absolute atomic E-state index is 0.0174. The van der Waals surface area contributed by atoms with Crippen molar-refractivity contribution in [1.29, 1.82) is 0 Å². The van der Waals surface area contributed by atoms with Gasteiger partial charge in [-0.1, -0.05) is 18.2 Å². The fourth-order valence-corrected chi connectivity index (χ4v) is 1.14. The number of hydrogen-bond acceptors (Lipinski definition) is 4. The number of aliphatic hydroxyl groups is 1. The lowest BCUT2D eigenvalue weighted by atomic mass is 10.0. The largest absolute Gasteiger partial charge is 0.508 e. The van der Waals surface area contributed by atoms with E-state index in [1.54, 1.807) is 0 Å². The second-order valence-electron chi connectivity index (χ2n) is 3.00. The van der Waals surface area contributed by atoms with Gasteiger partial charge in [0.1, 0.15) is 18.3 Å². The maximum atomic E-state index is 11.2. The highest BCUT2D eigenvalue weighted by molar-refractivity contribution is 5.97. The Morgan fingerprint density at radius 3 is 2.40 bits per heavy atom. The Labute approximate surface area is 85.6 Å². The molecule has 80 valence electrons. The fourth-order valence-electron chi connectivity index (χ4n) is 1.14. The van der Waals surface area contributed by atoms with Crippen LogP contribution >= 0.6 is 0 Å². The lowest BCUT2D eigenvalue weighted by molar-refractivity contribution is -0.142. The van der Waals surface area contributed by atoms with Gasteiger partial charge in [0, 0.05) is 5.56 Å². The standard InChI is InChI=1S/C10H10O5/c11-7-4-2-1-3-6(7)10(15)8(12)5-9(13)14/h1-4,10-11,15H,5H2,(H,13,14). The van der Waals surface area contributed by atoms with Crippen molar-refractivity contribution in [2.75, 3.05) is 0 Å². The summed E-state index contributed by atoms with van der Waals surface area (Å²) in [5.41, 5.74) is 0.0174. The maximum absolute atomic E-state index is 11.2. The topological polar surface area (TPSA) is 94.8 Å². The van der Waals surface area contributed by atoms with E-state index in [9.17, 15) is 19.8 Å². The molecule has 1 rings (SSSR count). The molecule has 3 N–H and O–H groups in total. The fraction of sp³-hybridized carbons (Fsp3) is 0.200. The molecule has 0 aliphatic carbocycles. The Kier molecular flexibility index (Phi) is 3.41. The van der Waals surface area contributed by atoms with E-state index in [1.807, 2.05) is 0 Å². The summed E-state index contributed by atoms with van der Waals surface area (Å²) < 4.78 is 0. The molecule has 0 aromatic heterocycles. The predicted molar refractivity (Wildman–Crippen MR) is 50.3 cm³/mol. The van der Waals surface area contributed by atoms with Crippen LogP contribution in [0.5, 0.6) is 5.75 Å². The van der Waals surface area contributed by atoms with E-state index in [4.69, 9.17) is 5.11 Å². The molecule has 0 aliphatic rings. The molecular weight excluding hydrogens is 200 g/mol. The highest BCUT2D eigenvalue weighted by Crippen LogP contribution is 2.24. The number of carboxylic acids is 1. The summed E-state index contributed by atoms with van der Waals surface area (Å²) in [7, 11) is 0. The molecule has 1 atom stereocenters. The molecule has 0 heterocycles. The van der Waals surface area contributed by atoms with E-state index in [0.29, 0.717) is 0 Å². The van der Waals surface area contributed by atoms with Crippen molar-refractivity contribution < 1.29 is 24.9 Å². The number of para-hydroxylation sites is 1. The normalized spacial score (nSPS) is 12.1. The summed E-state index contributed by atoms with van der Waals surface area (Å²) in [5.74, 6) is -2.40. The van der Waals surface area contributed by atoms with Gasteiger partial charge in [-0.15, -0.1) is 0 Å². The second kappa shape index (κ2) is 4.56. The third kappa shape index (κ3) is 2.78. The van der Waals surface area contributed by atoms with Crippen LogP contribution in [0.3, 0.4) is 0 Å². The monoisotopic (exact) mass is 210 g/mol. The molecule has 15 heavy (non-hydrogen) atoms. The molecule has 5 nitrogen and oxygen atoms in total. The number of carbonyl (C=O) groups is 2. The van der Waals surface area contributed by atoms with Crippen LogP contribution < -0.4 is 0 Å². The van der Waals surface area contributed by atoms with Gasteiger partial charge in [-0.25, -0.2) is 0 Å². The summed E-state index contributed by atoms with van der Waals surface area (Å²) >= 11 is 0. The van der Waals surface area contributed by atoms with Gasteiger partial charge in [0.05, 0.1) is 0 Å². The number of carboxylic acid groups (broad SMARTS) is 1. The summed E-state index contributed by atoms with van der Waals surface area (Å²) in [6, 6.07) is 5.74. The molecule has 0 bridgehead atoms. The molecule has 0 saturated carbocycles. The van der Waals surface area contributed by atoms with Crippen LogP contribution in [0.1, 0.15) is 18.1 Å². The first-order valence-corrected chi connectivity index (χ1v) is 4.23.